The van der Waals surface area contributed by atoms with Gasteiger partial charge in [-0.05, 0) is 43.2 Å². The van der Waals surface area contributed by atoms with Crippen molar-refractivity contribution in [2.75, 3.05) is 25.7 Å². The van der Waals surface area contributed by atoms with Crippen LogP contribution in [0.1, 0.15) is 42.7 Å². The molecule has 4 fully saturated rings. The Hall–Kier alpha value is -2.92. The third kappa shape index (κ3) is 4.43. The minimum atomic E-state index is -1.99. The number of methoxy groups -OCH3 is 1. The third-order valence-electron chi connectivity index (χ3n) is 10.8. The van der Waals surface area contributed by atoms with Crippen LogP contribution in [0.25, 0.3) is 0 Å². The number of likely N-dealkylation sites (tertiary alicyclic amines) is 3. The molecule has 2 aromatic rings. The van der Waals surface area contributed by atoms with Crippen molar-refractivity contribution in [1.29, 1.82) is 0 Å². The lowest BCUT2D eigenvalue weighted by atomic mass is 9.56. The van der Waals surface area contributed by atoms with Gasteiger partial charge in [0.15, 0.2) is 21.2 Å². The second-order valence-corrected chi connectivity index (χ2v) is 14.7. The van der Waals surface area contributed by atoms with Crippen molar-refractivity contribution in [1.82, 2.24) is 14.7 Å². The summed E-state index contributed by atoms with van der Waals surface area (Å²) in [7, 11) is 1.41. The fraction of sp³-hybridized carbons (Fsp3) is 0.471. The summed E-state index contributed by atoms with van der Waals surface area (Å²) in [4.78, 5) is 57.1. The van der Waals surface area contributed by atoms with E-state index in [9.17, 15) is 24.3 Å². The topological polar surface area (TPSA) is 107 Å². The van der Waals surface area contributed by atoms with Crippen molar-refractivity contribution in [3.63, 3.8) is 0 Å². The van der Waals surface area contributed by atoms with E-state index in [1.807, 2.05) is 24.3 Å². The second-order valence-electron chi connectivity index (χ2n) is 12.9. The monoisotopic (exact) mass is 729 g/mol. The molecule has 4 amide bonds. The van der Waals surface area contributed by atoms with E-state index in [4.69, 9.17) is 27.9 Å². The highest BCUT2D eigenvalue weighted by Crippen LogP contribution is 2.66. The molecule has 7 rings (SSSR count). The molecule has 0 radical (unpaired) electrons. The van der Waals surface area contributed by atoms with Crippen LogP contribution in [-0.2, 0) is 25.7 Å². The van der Waals surface area contributed by atoms with E-state index in [0.29, 0.717) is 18.4 Å². The first-order chi connectivity index (χ1) is 22.1. The molecule has 3 aliphatic heterocycles. The zero-order valence-corrected chi connectivity index (χ0v) is 28.3. The van der Waals surface area contributed by atoms with Crippen molar-refractivity contribution in [2.45, 2.75) is 53.9 Å². The Morgan fingerprint density at radius 2 is 1.67 bits per heavy atom. The highest BCUT2D eigenvalue weighted by atomic mass is 79.9. The zero-order valence-electron chi connectivity index (χ0n) is 25.2. The molecule has 5 aliphatic rings. The summed E-state index contributed by atoms with van der Waals surface area (Å²) < 4.78 is 5.37. The Kier molecular flexibility index (Phi) is 8.02. The van der Waals surface area contributed by atoms with Crippen LogP contribution in [-0.4, -0.2) is 84.9 Å². The van der Waals surface area contributed by atoms with E-state index in [1.54, 1.807) is 18.2 Å². The number of allylic oxidation sites excluding steroid dienone is 2. The number of halogens is 3. The average molecular weight is 731 g/mol. The zero-order chi connectivity index (χ0) is 32.5. The van der Waals surface area contributed by atoms with Gasteiger partial charge in [0.2, 0.25) is 11.8 Å². The summed E-state index contributed by atoms with van der Waals surface area (Å²) in [6.07, 6.45) is 3.40. The first kappa shape index (κ1) is 31.7. The molecule has 3 heterocycles. The van der Waals surface area contributed by atoms with Gasteiger partial charge in [0.05, 0.1) is 24.4 Å². The van der Waals surface area contributed by atoms with Gasteiger partial charge in [-0.3, -0.25) is 33.9 Å². The van der Waals surface area contributed by atoms with Gasteiger partial charge in [-0.2, -0.15) is 0 Å². The molecule has 46 heavy (non-hydrogen) atoms. The number of hydrogen-bond donors (Lipinski definition) is 1. The molecule has 0 spiro atoms. The van der Waals surface area contributed by atoms with Gasteiger partial charge >= 0.3 is 0 Å². The Morgan fingerprint density at radius 1 is 0.957 bits per heavy atom. The number of carbonyl (C=O) groups excluding carboxylic acids is 4. The fourth-order valence-corrected chi connectivity index (χ4v) is 10.0. The van der Waals surface area contributed by atoms with Crippen LogP contribution in [0.2, 0.25) is 0 Å². The number of rotatable bonds is 6. The third-order valence-corrected chi connectivity index (χ3v) is 12.7. The van der Waals surface area contributed by atoms with Crippen LogP contribution in [0.4, 0.5) is 0 Å². The largest absolute Gasteiger partial charge is 0.504 e. The van der Waals surface area contributed by atoms with Gasteiger partial charge in [0.1, 0.15) is 0 Å². The first-order valence-electron chi connectivity index (χ1n) is 15.6. The molecular formula is C34H34BrCl2N3O6. The molecule has 242 valence electrons. The molecule has 0 aromatic heterocycles. The normalized spacial score (nSPS) is 33.2. The number of alkyl halides is 3. The molecule has 12 heteroatoms. The van der Waals surface area contributed by atoms with E-state index < -0.39 is 45.2 Å². The van der Waals surface area contributed by atoms with Crippen LogP contribution in [0.3, 0.4) is 0 Å². The van der Waals surface area contributed by atoms with Gasteiger partial charge in [-0.15, -0.1) is 23.2 Å². The molecule has 0 bridgehead atoms. The Morgan fingerprint density at radius 3 is 2.35 bits per heavy atom. The molecule has 3 saturated heterocycles. The number of carbonyl (C=O) groups is 4. The van der Waals surface area contributed by atoms with Crippen LogP contribution < -0.4 is 4.74 Å². The summed E-state index contributed by atoms with van der Waals surface area (Å²) in [5.74, 6) is -4.95. The second kappa shape index (κ2) is 11.6. The molecule has 2 aromatic carbocycles. The number of aromatic hydroxyl groups is 1. The van der Waals surface area contributed by atoms with E-state index in [-0.39, 0.29) is 53.2 Å². The minimum absolute atomic E-state index is 0.0945. The van der Waals surface area contributed by atoms with Crippen LogP contribution >= 0.6 is 39.1 Å². The highest BCUT2D eigenvalue weighted by Gasteiger charge is 2.76. The molecular weight excluding hydrogens is 697 g/mol. The Bertz CT molecular complexity index is 1650. The Balaban J connectivity index is 1.23. The van der Waals surface area contributed by atoms with Crippen LogP contribution in [0.5, 0.6) is 11.5 Å². The number of hydrogen-bond acceptors (Lipinski definition) is 7. The number of fused-ring (bicyclic) bond motifs is 4. The maximum Gasteiger partial charge on any atom is 0.254 e. The van der Waals surface area contributed by atoms with Crippen molar-refractivity contribution in [3.8, 4) is 11.5 Å². The summed E-state index contributed by atoms with van der Waals surface area (Å²) in [6, 6.07) is 14.9. The predicted octanol–water partition coefficient (Wildman–Crippen LogP) is 4.78. The average Bonchev–Trinajstić information content (AvgIpc) is 3.40. The number of nitrogens with zero attached hydrogens (tertiary/aromatic N) is 3. The molecule has 9 nitrogen and oxygen atoms in total. The number of imide groups is 2. The van der Waals surface area contributed by atoms with Crippen molar-refractivity contribution in [2.24, 2.45) is 17.8 Å². The Labute approximate surface area is 285 Å². The van der Waals surface area contributed by atoms with E-state index >= 15 is 0 Å². The van der Waals surface area contributed by atoms with Crippen molar-refractivity contribution in [3.05, 3.63) is 71.3 Å². The number of para-hydroxylation sites is 1. The summed E-state index contributed by atoms with van der Waals surface area (Å²) >= 11 is 17.8. The summed E-state index contributed by atoms with van der Waals surface area (Å²) in [5, 5.41) is 11.3. The summed E-state index contributed by atoms with van der Waals surface area (Å²) in [6.45, 7) is 2.33. The summed E-state index contributed by atoms with van der Waals surface area (Å²) in [5.41, 5.74) is 2.01. The number of piperidine rings is 1. The standard InChI is InChI=1S/C34H34BrCl2N3O6/c1-46-25-9-5-8-23(28(25)41)27-21-10-11-22-26(24(21)16-33(36)31(44)39(18-35)32(45)34(27,33)37)30(43)40(29(22)42)20-12-14-38(15-13-20)17-19-6-3-2-4-7-19/h2-10,20,22,24,26-27,41H,11-18H2,1H3/t22-,24+,26-,27+,33+,34-/m0/s1. The molecule has 2 aliphatic carbocycles. The molecule has 0 unspecified atom stereocenters. The van der Waals surface area contributed by atoms with Gasteiger partial charge in [-0.25, -0.2) is 0 Å². The van der Waals surface area contributed by atoms with E-state index in [2.05, 4.69) is 33.0 Å². The maximum atomic E-state index is 14.4. The van der Waals surface area contributed by atoms with Gasteiger partial charge in [-0.1, -0.05) is 70.0 Å². The number of benzene rings is 2. The quantitative estimate of drug-likeness (QED) is 0.198. The molecule has 6 atom stereocenters. The van der Waals surface area contributed by atoms with Crippen molar-refractivity contribution < 1.29 is 29.0 Å². The van der Waals surface area contributed by atoms with E-state index in [1.165, 1.54) is 17.6 Å². The molecule has 1 N–H and O–H groups in total. The smallest absolute Gasteiger partial charge is 0.254 e. The fourth-order valence-electron chi connectivity index (χ4n) is 8.60. The number of ether oxygens (including phenoxy) is 1. The van der Waals surface area contributed by atoms with Crippen LogP contribution in [0, 0.1) is 17.8 Å². The van der Waals surface area contributed by atoms with Gasteiger partial charge in [0, 0.05) is 37.2 Å². The lowest BCUT2D eigenvalue weighted by Gasteiger charge is -2.50. The van der Waals surface area contributed by atoms with Crippen LogP contribution in [0.15, 0.2) is 60.2 Å². The number of amides is 4. The maximum absolute atomic E-state index is 14.4. The lowest BCUT2D eigenvalue weighted by molar-refractivity contribution is -0.144. The highest BCUT2D eigenvalue weighted by molar-refractivity contribution is 9.09. The van der Waals surface area contributed by atoms with Gasteiger partial charge < -0.3 is 9.84 Å². The van der Waals surface area contributed by atoms with Crippen molar-refractivity contribution >= 4 is 62.8 Å². The van der Waals surface area contributed by atoms with Gasteiger partial charge in [0.25, 0.3) is 11.8 Å². The van der Waals surface area contributed by atoms with E-state index in [0.717, 1.165) is 24.5 Å². The predicted molar refractivity (Wildman–Crippen MR) is 175 cm³/mol. The number of phenolic OH excluding ortho intramolecular Hbond substituents is 1. The molecule has 1 saturated carbocycles. The number of phenols is 1. The lowest BCUT2D eigenvalue weighted by Crippen LogP contribution is -2.60. The SMILES string of the molecule is COc1cccc([C@H]2C3=CC[C@@H]4C(=O)N(C5CCN(Cc6ccccc6)CC5)C(=O)[C@@H]4[C@@H]3C[C@@]3(Cl)C(=O)N(CBr)C(=O)[C@@]23Cl)c1O. The first-order valence-corrected chi connectivity index (χ1v) is 17.4. The minimum Gasteiger partial charge on any atom is -0.504 e.